The average molecular weight is 756 g/mol. The van der Waals surface area contributed by atoms with Crippen molar-refractivity contribution in [3.63, 3.8) is 0 Å². The molecular formula is C36H49N7O9S. The topological polar surface area (TPSA) is 207 Å². The lowest BCUT2D eigenvalue weighted by Gasteiger charge is -2.36. The highest BCUT2D eigenvalue weighted by atomic mass is 32.2. The number of hydrogen-bond donors (Lipinski definition) is 4. The Morgan fingerprint density at radius 2 is 1.70 bits per heavy atom. The second kappa shape index (κ2) is 14.5. The van der Waals surface area contributed by atoms with E-state index in [1.54, 1.807) is 54.5 Å². The molecule has 53 heavy (non-hydrogen) atoms. The van der Waals surface area contributed by atoms with Gasteiger partial charge in [-0.15, -0.1) is 6.58 Å². The van der Waals surface area contributed by atoms with Crippen LogP contribution in [0.15, 0.2) is 49.1 Å². The maximum atomic E-state index is 14.4. The fourth-order valence-electron chi connectivity index (χ4n) is 6.27. The smallest absolute Gasteiger partial charge is 0.413 e. The predicted molar refractivity (Wildman–Crippen MR) is 194 cm³/mol. The number of alkyl carbamates (subject to hydrolysis) is 1. The summed E-state index contributed by atoms with van der Waals surface area (Å²) in [5.74, 6) is -2.56. The first-order chi connectivity index (χ1) is 24.6. The standard InChI is InChI=1S/C36H49N7O9S/c1-9-22-19-36(22,31(46)41-53(49,50)25-15-16-25)39-29(44)26-18-24(20-42(26)30(45)28(34(3,4)5)38-33(48)52-35(6,7)8)51-32(47)37-27-17-21(2)40-43(27)23-13-11-10-12-14-23/h9-14,17,22,24-26,28H,1,15-16,18-20H2,2-8H3,(H,37,47)(H,38,48)(H,39,44)(H,41,46)/t22?,24-,26+,28-,36?/m1/s1. The third kappa shape index (κ3) is 9.18. The van der Waals surface area contributed by atoms with Crippen molar-refractivity contribution in [2.45, 2.75) is 109 Å². The van der Waals surface area contributed by atoms with E-state index in [4.69, 9.17) is 9.47 Å². The Bertz CT molecular complexity index is 1880. The highest BCUT2D eigenvalue weighted by Gasteiger charge is 2.62. The van der Waals surface area contributed by atoms with Gasteiger partial charge in [0.05, 0.1) is 23.2 Å². The lowest BCUT2D eigenvalue weighted by Crippen LogP contribution is -2.60. The molecule has 5 atom stereocenters. The SMILES string of the molecule is C=CC1CC1(NC(=O)[C@@H]1C[C@@H](OC(=O)Nc2cc(C)nn2-c2ccccc2)CN1C(=O)[C@@H](NC(=O)OC(C)(C)C)C(C)(C)C)C(=O)NS(=O)(=O)C1CC1. The number of likely N-dealkylation sites (tertiary alicyclic amines) is 1. The normalized spacial score (nSPS) is 23.3. The van der Waals surface area contributed by atoms with Gasteiger partial charge >= 0.3 is 12.2 Å². The van der Waals surface area contributed by atoms with Crippen LogP contribution in [0.5, 0.6) is 0 Å². The number of sulfonamides is 1. The second-order valence-electron chi connectivity index (χ2n) is 15.9. The van der Waals surface area contributed by atoms with E-state index in [0.29, 0.717) is 30.0 Å². The van der Waals surface area contributed by atoms with Crippen LogP contribution in [0, 0.1) is 18.3 Å². The van der Waals surface area contributed by atoms with Crippen molar-refractivity contribution in [1.29, 1.82) is 0 Å². The predicted octanol–water partition coefficient (Wildman–Crippen LogP) is 3.31. The van der Waals surface area contributed by atoms with Crippen molar-refractivity contribution in [3.8, 4) is 5.69 Å². The summed E-state index contributed by atoms with van der Waals surface area (Å²) < 4.78 is 40.1. The van der Waals surface area contributed by atoms with Crippen LogP contribution in [-0.2, 0) is 33.9 Å². The lowest BCUT2D eigenvalue weighted by molar-refractivity contribution is -0.143. The Kier molecular flexibility index (Phi) is 10.7. The van der Waals surface area contributed by atoms with Gasteiger partial charge in [-0.05, 0) is 64.5 Å². The van der Waals surface area contributed by atoms with Gasteiger partial charge in [-0.1, -0.05) is 45.0 Å². The summed E-state index contributed by atoms with van der Waals surface area (Å²) in [5, 5.41) is 11.8. The minimum absolute atomic E-state index is 0.0938. The van der Waals surface area contributed by atoms with E-state index >= 15 is 0 Å². The average Bonchev–Trinajstić information content (AvgIpc) is 3.95. The summed E-state index contributed by atoms with van der Waals surface area (Å²) in [6, 6.07) is 8.31. The number of benzene rings is 1. The van der Waals surface area contributed by atoms with Crippen LogP contribution in [-0.4, -0.2) is 94.1 Å². The lowest BCUT2D eigenvalue weighted by atomic mass is 9.85. The van der Waals surface area contributed by atoms with Gasteiger partial charge in [-0.2, -0.15) is 5.10 Å². The molecule has 0 spiro atoms. The fourth-order valence-corrected chi connectivity index (χ4v) is 7.64. The number of ether oxygens (including phenoxy) is 2. The molecule has 2 saturated carbocycles. The van der Waals surface area contributed by atoms with Crippen LogP contribution in [0.1, 0.15) is 72.9 Å². The van der Waals surface area contributed by atoms with Crippen LogP contribution in [0.4, 0.5) is 15.4 Å². The van der Waals surface area contributed by atoms with Gasteiger partial charge in [0.2, 0.25) is 21.8 Å². The summed E-state index contributed by atoms with van der Waals surface area (Å²) in [6.07, 6.45) is -0.459. The van der Waals surface area contributed by atoms with Gasteiger partial charge < -0.3 is 25.0 Å². The van der Waals surface area contributed by atoms with Crippen LogP contribution in [0.2, 0.25) is 0 Å². The molecule has 1 aliphatic heterocycles. The van der Waals surface area contributed by atoms with Gasteiger partial charge in [-0.25, -0.2) is 22.7 Å². The minimum atomic E-state index is -3.93. The molecule has 1 saturated heterocycles. The molecule has 1 aromatic carbocycles. The molecule has 0 radical (unpaired) electrons. The number of nitrogens with zero attached hydrogens (tertiary/aromatic N) is 3. The number of carbonyl (C=O) groups excluding carboxylic acids is 5. The van der Waals surface area contributed by atoms with Crippen molar-refractivity contribution in [2.75, 3.05) is 11.9 Å². The first-order valence-electron chi connectivity index (χ1n) is 17.5. The third-order valence-electron chi connectivity index (χ3n) is 9.21. The Morgan fingerprint density at radius 3 is 2.26 bits per heavy atom. The molecule has 2 heterocycles. The molecule has 1 aromatic heterocycles. The number of rotatable bonds is 11. The molecule has 5 rings (SSSR count). The van der Waals surface area contributed by atoms with Gasteiger partial charge in [0.15, 0.2) is 0 Å². The first kappa shape index (κ1) is 39.3. The Morgan fingerprint density at radius 1 is 1.04 bits per heavy atom. The summed E-state index contributed by atoms with van der Waals surface area (Å²) in [7, 11) is -3.93. The maximum Gasteiger partial charge on any atom is 0.413 e. The minimum Gasteiger partial charge on any atom is -0.444 e. The summed E-state index contributed by atoms with van der Waals surface area (Å²) >= 11 is 0. The Balaban J connectivity index is 1.39. The fraction of sp³-hybridized carbons (Fsp3) is 0.556. The molecule has 2 aromatic rings. The number of aromatic nitrogens is 2. The van der Waals surface area contributed by atoms with Crippen LogP contribution >= 0.6 is 0 Å². The maximum absolute atomic E-state index is 14.4. The van der Waals surface area contributed by atoms with E-state index in [-0.39, 0.29) is 19.4 Å². The van der Waals surface area contributed by atoms with E-state index in [1.165, 1.54) is 15.7 Å². The van der Waals surface area contributed by atoms with Gasteiger partial charge in [0.25, 0.3) is 5.91 Å². The summed E-state index contributed by atoms with van der Waals surface area (Å²) in [5.41, 5.74) is -2.03. The highest BCUT2D eigenvalue weighted by molar-refractivity contribution is 7.91. The Labute approximate surface area is 309 Å². The number of aryl methyl sites for hydroxylation is 1. The molecule has 17 heteroatoms. The van der Waals surface area contributed by atoms with E-state index < -0.39 is 85.8 Å². The quantitative estimate of drug-likeness (QED) is 0.246. The molecular weight excluding hydrogens is 707 g/mol. The van der Waals surface area contributed by atoms with Crippen LogP contribution in [0.25, 0.3) is 5.69 Å². The molecule has 5 amide bonds. The van der Waals surface area contributed by atoms with Crippen molar-refractivity contribution in [1.82, 2.24) is 30.0 Å². The molecule has 0 bridgehead atoms. The number of para-hydroxylation sites is 1. The van der Waals surface area contributed by atoms with Gasteiger partial charge in [-0.3, -0.25) is 24.4 Å². The van der Waals surface area contributed by atoms with E-state index in [1.807, 2.05) is 30.3 Å². The van der Waals surface area contributed by atoms with E-state index in [2.05, 4.69) is 32.4 Å². The molecule has 4 N–H and O–H groups in total. The molecule has 3 aliphatic rings. The largest absolute Gasteiger partial charge is 0.444 e. The Hall–Kier alpha value is -4.93. The number of carbonyl (C=O) groups is 5. The van der Waals surface area contributed by atoms with Gasteiger partial charge in [0, 0.05) is 18.4 Å². The zero-order valence-electron chi connectivity index (χ0n) is 31.1. The summed E-state index contributed by atoms with van der Waals surface area (Å²) in [6.45, 7) is 15.5. The second-order valence-corrected chi connectivity index (χ2v) is 17.9. The van der Waals surface area contributed by atoms with Crippen molar-refractivity contribution in [3.05, 3.63) is 54.7 Å². The zero-order valence-corrected chi connectivity index (χ0v) is 31.9. The van der Waals surface area contributed by atoms with E-state index in [9.17, 15) is 32.4 Å². The monoisotopic (exact) mass is 755 g/mol. The van der Waals surface area contributed by atoms with Crippen LogP contribution in [0.3, 0.4) is 0 Å². The third-order valence-corrected chi connectivity index (χ3v) is 11.0. The highest BCUT2D eigenvalue weighted by Crippen LogP contribution is 2.45. The zero-order chi connectivity index (χ0) is 39.1. The van der Waals surface area contributed by atoms with Crippen molar-refractivity contribution < 1.29 is 41.9 Å². The van der Waals surface area contributed by atoms with Gasteiger partial charge in [0.1, 0.15) is 35.1 Å². The number of amides is 5. The first-order valence-corrected chi connectivity index (χ1v) is 19.1. The number of nitrogens with one attached hydrogen (secondary N) is 4. The molecule has 16 nitrogen and oxygen atoms in total. The number of anilines is 1. The molecule has 288 valence electrons. The molecule has 3 fully saturated rings. The van der Waals surface area contributed by atoms with E-state index in [0.717, 1.165) is 0 Å². The molecule has 2 unspecified atom stereocenters. The van der Waals surface area contributed by atoms with Crippen LogP contribution < -0.4 is 20.7 Å². The van der Waals surface area contributed by atoms with Crippen molar-refractivity contribution >= 4 is 45.7 Å². The summed E-state index contributed by atoms with van der Waals surface area (Å²) in [4.78, 5) is 69.4. The number of hydrogen-bond acceptors (Lipinski definition) is 10. The molecule has 2 aliphatic carbocycles. The van der Waals surface area contributed by atoms with Crippen molar-refractivity contribution in [2.24, 2.45) is 11.3 Å².